The molecule has 0 unspecified atom stereocenters. The molecule has 0 saturated carbocycles. The largest absolute Gasteiger partial charge is 0.491 e. The Morgan fingerprint density at radius 1 is 1.12 bits per heavy atom. The number of ether oxygens (including phenoxy) is 1. The number of hydrogen-bond acceptors (Lipinski definition) is 4. The summed E-state index contributed by atoms with van der Waals surface area (Å²) in [6, 6.07) is 12.8. The smallest absolute Gasteiger partial charge is 0.259 e. The van der Waals surface area contributed by atoms with Crippen LogP contribution in [0.2, 0.25) is 0 Å². The van der Waals surface area contributed by atoms with E-state index < -0.39 is 11.7 Å². The Bertz CT molecular complexity index is 1140. The van der Waals surface area contributed by atoms with Gasteiger partial charge in [0.25, 0.3) is 11.8 Å². The van der Waals surface area contributed by atoms with E-state index >= 15 is 0 Å². The molecule has 0 bridgehead atoms. The molecular formula is C24H25FN4O3. The van der Waals surface area contributed by atoms with Crippen LogP contribution in [0.25, 0.3) is 0 Å². The first kappa shape index (κ1) is 21.5. The summed E-state index contributed by atoms with van der Waals surface area (Å²) in [7, 11) is 0. The second kappa shape index (κ2) is 9.21. The predicted octanol–water partition coefficient (Wildman–Crippen LogP) is 4.11. The fraction of sp³-hybridized carbons (Fsp3) is 0.292. The highest BCUT2D eigenvalue weighted by Gasteiger charge is 2.26. The van der Waals surface area contributed by atoms with E-state index in [1.165, 1.54) is 24.4 Å². The van der Waals surface area contributed by atoms with Crippen LogP contribution in [0.3, 0.4) is 0 Å². The third-order valence-electron chi connectivity index (χ3n) is 5.15. The van der Waals surface area contributed by atoms with Gasteiger partial charge in [-0.3, -0.25) is 14.3 Å². The van der Waals surface area contributed by atoms with Crippen LogP contribution in [0.5, 0.6) is 5.75 Å². The summed E-state index contributed by atoms with van der Waals surface area (Å²) in [5.74, 6) is -0.318. The van der Waals surface area contributed by atoms with Gasteiger partial charge in [-0.25, -0.2) is 4.39 Å². The van der Waals surface area contributed by atoms with E-state index in [1.54, 1.807) is 33.8 Å². The standard InChI is InChI=1S/C24H25FN4O3/c1-16(2)32-20-9-3-6-17(12-20)24(31)28-10-5-11-29-22(15-28)21(14-26-29)23(30)27-19-8-4-7-18(25)13-19/h3-4,6-9,12-14,16H,5,10-11,15H2,1-2H3,(H,27,30). The first-order chi connectivity index (χ1) is 15.4. The number of aryl methyl sites for hydroxylation is 1. The van der Waals surface area contributed by atoms with Crippen molar-refractivity contribution in [2.24, 2.45) is 0 Å². The molecule has 0 spiro atoms. The topological polar surface area (TPSA) is 76.5 Å². The molecule has 0 radical (unpaired) electrons. The number of carbonyl (C=O) groups is 2. The quantitative estimate of drug-likeness (QED) is 0.653. The Kier molecular flexibility index (Phi) is 6.20. The lowest BCUT2D eigenvalue weighted by atomic mass is 10.1. The van der Waals surface area contributed by atoms with Crippen molar-refractivity contribution in [3.05, 3.63) is 77.4 Å². The molecule has 0 fully saturated rings. The molecule has 4 rings (SSSR count). The van der Waals surface area contributed by atoms with Crippen molar-refractivity contribution >= 4 is 17.5 Å². The molecule has 0 aliphatic carbocycles. The van der Waals surface area contributed by atoms with Crippen LogP contribution in [0.4, 0.5) is 10.1 Å². The number of nitrogens with one attached hydrogen (secondary N) is 1. The van der Waals surface area contributed by atoms with Crippen LogP contribution in [0.1, 0.15) is 46.7 Å². The summed E-state index contributed by atoms with van der Waals surface area (Å²) in [6.07, 6.45) is 2.22. The van der Waals surface area contributed by atoms with Crippen LogP contribution in [0.15, 0.2) is 54.7 Å². The van der Waals surface area contributed by atoms with Gasteiger partial charge in [0, 0.05) is 24.3 Å². The van der Waals surface area contributed by atoms with Crippen molar-refractivity contribution in [1.29, 1.82) is 0 Å². The SMILES string of the molecule is CC(C)Oc1cccc(C(=O)N2CCCn3ncc(C(=O)Nc4cccc(F)c4)c3C2)c1. The fourth-order valence-electron chi connectivity index (χ4n) is 3.73. The number of halogens is 1. The zero-order valence-electron chi connectivity index (χ0n) is 18.0. The second-order valence-electron chi connectivity index (χ2n) is 7.97. The molecule has 0 saturated heterocycles. The minimum atomic E-state index is -0.433. The van der Waals surface area contributed by atoms with Crippen molar-refractivity contribution in [2.45, 2.75) is 39.5 Å². The average molecular weight is 436 g/mol. The van der Waals surface area contributed by atoms with E-state index in [4.69, 9.17) is 4.74 Å². The van der Waals surface area contributed by atoms with E-state index in [0.717, 1.165) is 0 Å². The maximum absolute atomic E-state index is 13.5. The van der Waals surface area contributed by atoms with Gasteiger partial charge in [-0.15, -0.1) is 0 Å². The van der Waals surface area contributed by atoms with Crippen LogP contribution in [-0.2, 0) is 13.1 Å². The summed E-state index contributed by atoms with van der Waals surface area (Å²) < 4.78 is 20.9. The van der Waals surface area contributed by atoms with Crippen LogP contribution < -0.4 is 10.1 Å². The molecule has 32 heavy (non-hydrogen) atoms. The summed E-state index contributed by atoms with van der Waals surface area (Å²) in [5.41, 5.74) is 1.91. The summed E-state index contributed by atoms with van der Waals surface area (Å²) in [5, 5.41) is 7.04. The normalized spacial score (nSPS) is 13.4. The molecule has 166 valence electrons. The zero-order chi connectivity index (χ0) is 22.7. The second-order valence-corrected chi connectivity index (χ2v) is 7.97. The van der Waals surface area contributed by atoms with Gasteiger partial charge in [0.15, 0.2) is 0 Å². The molecule has 1 aliphatic heterocycles. The molecule has 7 nitrogen and oxygen atoms in total. The Hall–Kier alpha value is -3.68. The number of amides is 2. The first-order valence-corrected chi connectivity index (χ1v) is 10.6. The molecule has 1 aliphatic rings. The molecule has 2 aromatic carbocycles. The van der Waals surface area contributed by atoms with Crippen LogP contribution >= 0.6 is 0 Å². The predicted molar refractivity (Wildman–Crippen MR) is 118 cm³/mol. The first-order valence-electron chi connectivity index (χ1n) is 10.6. The lowest BCUT2D eigenvalue weighted by molar-refractivity contribution is 0.0743. The molecule has 0 atom stereocenters. The summed E-state index contributed by atoms with van der Waals surface area (Å²) in [6.45, 7) is 5.26. The summed E-state index contributed by atoms with van der Waals surface area (Å²) in [4.78, 5) is 27.8. The Labute approximate surface area is 185 Å². The fourth-order valence-corrected chi connectivity index (χ4v) is 3.73. The monoisotopic (exact) mass is 436 g/mol. The van der Waals surface area contributed by atoms with Crippen LogP contribution in [0, 0.1) is 5.82 Å². The number of rotatable bonds is 5. The van der Waals surface area contributed by atoms with Crippen LogP contribution in [-0.4, -0.2) is 39.1 Å². The average Bonchev–Trinajstić information content (AvgIpc) is 3.03. The molecular weight excluding hydrogens is 411 g/mol. The highest BCUT2D eigenvalue weighted by atomic mass is 19.1. The van der Waals surface area contributed by atoms with Crippen molar-refractivity contribution in [3.63, 3.8) is 0 Å². The number of anilines is 1. The van der Waals surface area contributed by atoms with Gasteiger partial charge in [0.2, 0.25) is 0 Å². The minimum Gasteiger partial charge on any atom is -0.491 e. The number of fused-ring (bicyclic) bond motifs is 1. The third kappa shape index (κ3) is 4.80. The van der Waals surface area contributed by atoms with E-state index in [2.05, 4.69) is 10.4 Å². The maximum Gasteiger partial charge on any atom is 0.259 e. The molecule has 3 aromatic rings. The molecule has 1 aromatic heterocycles. The third-order valence-corrected chi connectivity index (χ3v) is 5.15. The van der Waals surface area contributed by atoms with E-state index in [-0.39, 0.29) is 18.6 Å². The molecule has 2 amide bonds. The maximum atomic E-state index is 13.5. The van der Waals surface area contributed by atoms with Gasteiger partial charge in [0.1, 0.15) is 11.6 Å². The number of nitrogens with zero attached hydrogens (tertiary/aromatic N) is 3. The van der Waals surface area contributed by atoms with Crippen molar-refractivity contribution in [2.75, 3.05) is 11.9 Å². The zero-order valence-corrected chi connectivity index (χ0v) is 18.0. The van der Waals surface area contributed by atoms with Gasteiger partial charge >= 0.3 is 0 Å². The summed E-state index contributed by atoms with van der Waals surface area (Å²) >= 11 is 0. The molecule has 1 N–H and O–H groups in total. The number of hydrogen-bond donors (Lipinski definition) is 1. The van der Waals surface area contributed by atoms with Gasteiger partial charge in [-0.1, -0.05) is 12.1 Å². The lowest BCUT2D eigenvalue weighted by Crippen LogP contribution is -2.31. The lowest BCUT2D eigenvalue weighted by Gasteiger charge is -2.21. The number of carbonyl (C=O) groups excluding carboxylic acids is 2. The Balaban J connectivity index is 1.55. The number of aromatic nitrogens is 2. The highest BCUT2D eigenvalue weighted by molar-refractivity contribution is 6.05. The van der Waals surface area contributed by atoms with Crippen molar-refractivity contribution < 1.29 is 18.7 Å². The molecule has 2 heterocycles. The Morgan fingerprint density at radius 2 is 1.94 bits per heavy atom. The molecule has 8 heteroatoms. The Morgan fingerprint density at radius 3 is 2.72 bits per heavy atom. The van der Waals surface area contributed by atoms with Gasteiger partial charge < -0.3 is 15.0 Å². The van der Waals surface area contributed by atoms with E-state index in [0.29, 0.717) is 47.8 Å². The van der Waals surface area contributed by atoms with Crippen molar-refractivity contribution in [1.82, 2.24) is 14.7 Å². The van der Waals surface area contributed by atoms with E-state index in [1.807, 2.05) is 19.9 Å². The van der Waals surface area contributed by atoms with Crippen molar-refractivity contribution in [3.8, 4) is 5.75 Å². The number of benzene rings is 2. The van der Waals surface area contributed by atoms with Gasteiger partial charge in [-0.05, 0) is 56.7 Å². The van der Waals surface area contributed by atoms with Gasteiger partial charge in [0.05, 0.1) is 30.1 Å². The van der Waals surface area contributed by atoms with Gasteiger partial charge in [-0.2, -0.15) is 5.10 Å². The highest BCUT2D eigenvalue weighted by Crippen LogP contribution is 2.22. The van der Waals surface area contributed by atoms with E-state index in [9.17, 15) is 14.0 Å². The minimum absolute atomic E-state index is 0.00653.